The standard InChI is InChI=1S/C23H13BrF3NO4S/c24-16-6-4-13(5-7-16)18(29)12-28-21(30)20(33-22(28)31)11-17-8-9-19(32-17)14-2-1-3-15(10-14)23(25,26)27/h1-11H,12H2/b20-11+. The van der Waals surface area contributed by atoms with Gasteiger partial charge in [-0.15, -0.1) is 0 Å². The maximum Gasteiger partial charge on any atom is 0.416 e. The van der Waals surface area contributed by atoms with Gasteiger partial charge in [0.15, 0.2) is 5.78 Å². The van der Waals surface area contributed by atoms with Gasteiger partial charge in [-0.1, -0.05) is 40.2 Å². The molecule has 0 bridgehead atoms. The first-order chi connectivity index (χ1) is 15.6. The summed E-state index contributed by atoms with van der Waals surface area (Å²) in [7, 11) is 0. The highest BCUT2D eigenvalue weighted by Gasteiger charge is 2.36. The average Bonchev–Trinajstić information content (AvgIpc) is 3.34. The number of amides is 2. The van der Waals surface area contributed by atoms with E-state index in [-0.39, 0.29) is 22.0 Å². The van der Waals surface area contributed by atoms with E-state index in [1.807, 2.05) is 0 Å². The van der Waals surface area contributed by atoms with E-state index < -0.39 is 35.2 Å². The Hall–Kier alpha value is -3.11. The minimum Gasteiger partial charge on any atom is -0.457 e. The molecule has 10 heteroatoms. The molecule has 4 rings (SSSR count). The topological polar surface area (TPSA) is 67.6 Å². The van der Waals surface area contributed by atoms with E-state index in [0.29, 0.717) is 17.3 Å². The molecule has 0 saturated carbocycles. The molecule has 0 N–H and O–H groups in total. The predicted molar refractivity (Wildman–Crippen MR) is 120 cm³/mol. The molecular formula is C23H13BrF3NO4S. The average molecular weight is 536 g/mol. The van der Waals surface area contributed by atoms with Crippen LogP contribution < -0.4 is 0 Å². The van der Waals surface area contributed by atoms with E-state index in [1.165, 1.54) is 30.3 Å². The van der Waals surface area contributed by atoms with Crippen LogP contribution in [0.2, 0.25) is 0 Å². The maximum atomic E-state index is 12.9. The number of halogens is 4. The number of thioether (sulfide) groups is 1. The van der Waals surface area contributed by atoms with Gasteiger partial charge in [0.05, 0.1) is 17.0 Å². The van der Waals surface area contributed by atoms with Crippen molar-refractivity contribution < 1.29 is 32.0 Å². The van der Waals surface area contributed by atoms with Crippen LogP contribution in [0, 0.1) is 0 Å². The molecule has 1 aliphatic heterocycles. The van der Waals surface area contributed by atoms with E-state index in [9.17, 15) is 27.6 Å². The normalized spacial score (nSPS) is 15.5. The molecule has 33 heavy (non-hydrogen) atoms. The van der Waals surface area contributed by atoms with Crippen molar-refractivity contribution in [2.24, 2.45) is 0 Å². The van der Waals surface area contributed by atoms with Crippen LogP contribution in [-0.2, 0) is 11.0 Å². The molecule has 0 atom stereocenters. The number of carbonyl (C=O) groups is 3. The molecule has 0 aliphatic carbocycles. The third-order valence-electron chi connectivity index (χ3n) is 4.72. The molecule has 0 radical (unpaired) electrons. The Bertz CT molecular complexity index is 1280. The summed E-state index contributed by atoms with van der Waals surface area (Å²) in [6, 6.07) is 14.1. The monoisotopic (exact) mass is 535 g/mol. The number of hydrogen-bond donors (Lipinski definition) is 0. The van der Waals surface area contributed by atoms with Gasteiger partial charge in [0, 0.05) is 21.7 Å². The van der Waals surface area contributed by atoms with Gasteiger partial charge in [-0.05, 0) is 48.2 Å². The summed E-state index contributed by atoms with van der Waals surface area (Å²) in [4.78, 5) is 38.3. The summed E-state index contributed by atoms with van der Waals surface area (Å²) >= 11 is 3.93. The number of benzene rings is 2. The van der Waals surface area contributed by atoms with Crippen molar-refractivity contribution in [2.75, 3.05) is 6.54 Å². The van der Waals surface area contributed by atoms with Gasteiger partial charge in [-0.2, -0.15) is 13.2 Å². The third kappa shape index (κ3) is 5.12. The van der Waals surface area contributed by atoms with E-state index in [1.54, 1.807) is 24.3 Å². The second-order valence-electron chi connectivity index (χ2n) is 6.98. The lowest BCUT2D eigenvalue weighted by Gasteiger charge is -2.11. The Balaban J connectivity index is 1.51. The summed E-state index contributed by atoms with van der Waals surface area (Å²) in [5.41, 5.74) is -0.231. The number of nitrogens with zero attached hydrogens (tertiary/aromatic N) is 1. The first-order valence-electron chi connectivity index (χ1n) is 9.43. The molecule has 2 amide bonds. The zero-order valence-corrected chi connectivity index (χ0v) is 19.0. The van der Waals surface area contributed by atoms with Gasteiger partial charge in [0.25, 0.3) is 11.1 Å². The van der Waals surface area contributed by atoms with Crippen molar-refractivity contribution in [1.29, 1.82) is 0 Å². The second-order valence-corrected chi connectivity index (χ2v) is 8.89. The zero-order chi connectivity index (χ0) is 23.8. The van der Waals surface area contributed by atoms with Crippen LogP contribution in [-0.4, -0.2) is 28.4 Å². The number of rotatable bonds is 5. The molecular weight excluding hydrogens is 523 g/mol. The number of imide groups is 1. The lowest BCUT2D eigenvalue weighted by Crippen LogP contribution is -2.33. The molecule has 2 heterocycles. The highest BCUT2D eigenvalue weighted by Crippen LogP contribution is 2.35. The Labute approximate surface area is 198 Å². The van der Waals surface area contributed by atoms with Crippen LogP contribution in [0.3, 0.4) is 0 Å². The quantitative estimate of drug-likeness (QED) is 0.270. The van der Waals surface area contributed by atoms with Crippen LogP contribution in [0.25, 0.3) is 17.4 Å². The molecule has 1 aromatic heterocycles. The maximum absolute atomic E-state index is 12.9. The first kappa shape index (κ1) is 23.1. The van der Waals surface area contributed by atoms with Gasteiger partial charge < -0.3 is 4.42 Å². The predicted octanol–water partition coefficient (Wildman–Crippen LogP) is 6.65. The number of ketones is 1. The van der Waals surface area contributed by atoms with Crippen LogP contribution in [0.15, 0.2) is 74.5 Å². The number of Topliss-reactive ketones (excluding diaryl/α,β-unsaturated/α-hetero) is 1. The van der Waals surface area contributed by atoms with E-state index >= 15 is 0 Å². The molecule has 2 aromatic carbocycles. The van der Waals surface area contributed by atoms with Crippen molar-refractivity contribution >= 4 is 50.7 Å². The fraction of sp³-hybridized carbons (Fsp3) is 0.0870. The molecule has 168 valence electrons. The van der Waals surface area contributed by atoms with Crippen LogP contribution >= 0.6 is 27.7 Å². The number of furan rings is 1. The summed E-state index contributed by atoms with van der Waals surface area (Å²) in [5, 5.41) is -0.596. The molecule has 5 nitrogen and oxygen atoms in total. The third-order valence-corrected chi connectivity index (χ3v) is 6.15. The van der Waals surface area contributed by atoms with Crippen molar-refractivity contribution in [1.82, 2.24) is 4.90 Å². The smallest absolute Gasteiger partial charge is 0.416 e. The summed E-state index contributed by atoms with van der Waals surface area (Å²) in [5.74, 6) is -0.674. The first-order valence-corrected chi connectivity index (χ1v) is 11.0. The van der Waals surface area contributed by atoms with Crippen molar-refractivity contribution in [3.8, 4) is 11.3 Å². The highest BCUT2D eigenvalue weighted by atomic mass is 79.9. The molecule has 1 saturated heterocycles. The van der Waals surface area contributed by atoms with Crippen LogP contribution in [0.5, 0.6) is 0 Å². The van der Waals surface area contributed by atoms with Gasteiger partial charge in [0.2, 0.25) is 0 Å². The van der Waals surface area contributed by atoms with E-state index in [4.69, 9.17) is 4.42 Å². The van der Waals surface area contributed by atoms with Crippen molar-refractivity contribution in [2.45, 2.75) is 6.18 Å². The largest absolute Gasteiger partial charge is 0.457 e. The molecule has 0 unspecified atom stereocenters. The van der Waals surface area contributed by atoms with Crippen LogP contribution in [0.4, 0.5) is 18.0 Å². The minimum absolute atomic E-state index is 0.0496. The highest BCUT2D eigenvalue weighted by molar-refractivity contribution is 9.10. The Kier molecular flexibility index (Phi) is 6.31. The van der Waals surface area contributed by atoms with Gasteiger partial charge in [-0.25, -0.2) is 0 Å². The Morgan fingerprint density at radius 3 is 2.48 bits per heavy atom. The minimum atomic E-state index is -4.49. The van der Waals surface area contributed by atoms with Gasteiger partial charge in [0.1, 0.15) is 11.5 Å². The van der Waals surface area contributed by atoms with Crippen molar-refractivity contribution in [3.63, 3.8) is 0 Å². The number of hydrogen-bond acceptors (Lipinski definition) is 5. The van der Waals surface area contributed by atoms with E-state index in [0.717, 1.165) is 21.5 Å². The zero-order valence-electron chi connectivity index (χ0n) is 16.6. The summed E-state index contributed by atoms with van der Waals surface area (Å²) < 4.78 is 45.2. The van der Waals surface area contributed by atoms with E-state index in [2.05, 4.69) is 15.9 Å². The Morgan fingerprint density at radius 1 is 1.06 bits per heavy atom. The van der Waals surface area contributed by atoms with Gasteiger partial charge in [-0.3, -0.25) is 19.3 Å². The van der Waals surface area contributed by atoms with Gasteiger partial charge >= 0.3 is 6.18 Å². The SMILES string of the molecule is O=C(CN1C(=O)S/C(=C/c2ccc(-c3cccc(C(F)(F)F)c3)o2)C1=O)c1ccc(Br)cc1. The Morgan fingerprint density at radius 2 is 1.79 bits per heavy atom. The summed E-state index contributed by atoms with van der Waals surface area (Å²) in [6.45, 7) is -0.405. The lowest BCUT2D eigenvalue weighted by molar-refractivity contribution is -0.137. The molecule has 3 aromatic rings. The summed E-state index contributed by atoms with van der Waals surface area (Å²) in [6.07, 6.45) is -3.16. The van der Waals surface area contributed by atoms with Crippen LogP contribution in [0.1, 0.15) is 21.7 Å². The van der Waals surface area contributed by atoms with Crippen molar-refractivity contribution in [3.05, 3.63) is 86.9 Å². The number of alkyl halides is 3. The molecule has 0 spiro atoms. The molecule has 1 fully saturated rings. The second kappa shape index (κ2) is 9.03. The lowest BCUT2D eigenvalue weighted by atomic mass is 10.1. The number of carbonyl (C=O) groups excluding carboxylic acids is 3. The molecule has 1 aliphatic rings. The fourth-order valence-electron chi connectivity index (χ4n) is 3.07. The fourth-order valence-corrected chi connectivity index (χ4v) is 4.15.